The van der Waals surface area contributed by atoms with Gasteiger partial charge in [0.15, 0.2) is 5.65 Å². The van der Waals surface area contributed by atoms with E-state index in [4.69, 9.17) is 5.11 Å². The van der Waals surface area contributed by atoms with Crippen molar-refractivity contribution in [2.75, 3.05) is 19.7 Å². The van der Waals surface area contributed by atoms with Crippen LogP contribution >= 0.6 is 0 Å². The van der Waals surface area contributed by atoms with Crippen LogP contribution in [0.1, 0.15) is 51.9 Å². The molecule has 1 saturated heterocycles. The van der Waals surface area contributed by atoms with E-state index in [9.17, 15) is 14.4 Å². The number of carbonyl (C=O) groups excluding carboxylic acids is 2. The zero-order valence-corrected chi connectivity index (χ0v) is 25.7. The molecule has 0 unspecified atom stereocenters. The second kappa shape index (κ2) is 12.0. The molecular weight excluding hydrogens is 596 g/mol. The topological polar surface area (TPSA) is 140 Å². The number of aliphatic hydroxyl groups is 1. The molecule has 1 atom stereocenters. The molecule has 0 spiro atoms. The van der Waals surface area contributed by atoms with Gasteiger partial charge in [-0.25, -0.2) is 9.50 Å². The van der Waals surface area contributed by atoms with Gasteiger partial charge >= 0.3 is 0 Å². The molecule has 12 nitrogen and oxygen atoms in total. The molecule has 7 rings (SSSR count). The molecule has 47 heavy (non-hydrogen) atoms. The molecule has 0 radical (unpaired) electrons. The summed E-state index contributed by atoms with van der Waals surface area (Å²) in [4.78, 5) is 45.5. The Labute approximate surface area is 268 Å². The first-order chi connectivity index (χ1) is 22.8. The van der Waals surface area contributed by atoms with Gasteiger partial charge < -0.3 is 15.3 Å². The Bertz CT molecular complexity index is 2290. The summed E-state index contributed by atoms with van der Waals surface area (Å²) < 4.78 is 4.96. The molecule has 2 N–H and O–H groups in total. The van der Waals surface area contributed by atoms with Gasteiger partial charge in [-0.1, -0.05) is 42.2 Å². The molecule has 1 aliphatic heterocycles. The highest BCUT2D eigenvalue weighted by Gasteiger charge is 2.32. The largest absolute Gasteiger partial charge is 0.387 e. The number of amides is 2. The number of fused-ring (bicyclic) bond motifs is 2. The van der Waals surface area contributed by atoms with E-state index in [1.165, 1.54) is 0 Å². The van der Waals surface area contributed by atoms with Crippen LogP contribution in [0.3, 0.4) is 0 Å². The number of aryl methyl sites for hydroxylation is 1. The summed E-state index contributed by atoms with van der Waals surface area (Å²) in [5.74, 6) is 5.66. The van der Waals surface area contributed by atoms with Crippen LogP contribution in [-0.2, 0) is 4.79 Å². The third-order valence-electron chi connectivity index (χ3n) is 8.35. The standard InChI is InChI=1S/C35H30N8O4/c1-22(38-34(46)31-23(2)39-41-15-7-14-36-33(31)41)29-16-26-9-6-8-25(32(26)35(47)43(29)27-10-4-3-5-11-27)13-12-24-17-37-42(18-24)28-19-40(20-28)30(45)21-44/h3-11,14-18,22,28,44H,19-21H2,1-2H3,(H,38,46)/t22-/m0/s1. The minimum absolute atomic E-state index is 0.0191. The Hall–Kier alpha value is -6.06. The van der Waals surface area contributed by atoms with Gasteiger partial charge in [0.05, 0.1) is 34.9 Å². The molecule has 0 saturated carbocycles. The quantitative estimate of drug-likeness (QED) is 0.271. The SMILES string of the molecule is Cc1nn2cccnc2c1C(=O)N[C@@H](C)c1cc2cccc(C#Cc3cnn(C4CN(C(=O)CO)C4)c3)c2c(=O)n1-c1ccccc1. The zero-order chi connectivity index (χ0) is 32.7. The van der Waals surface area contributed by atoms with E-state index in [1.807, 2.05) is 67.7 Å². The summed E-state index contributed by atoms with van der Waals surface area (Å²) in [6.45, 7) is 4.06. The minimum Gasteiger partial charge on any atom is -0.387 e. The van der Waals surface area contributed by atoms with Gasteiger partial charge in [-0.2, -0.15) is 10.2 Å². The predicted molar refractivity (Wildman–Crippen MR) is 174 cm³/mol. The number of likely N-dealkylation sites (tertiary alicyclic amines) is 1. The third-order valence-corrected chi connectivity index (χ3v) is 8.35. The smallest absolute Gasteiger partial charge is 0.264 e. The highest BCUT2D eigenvalue weighted by molar-refractivity contribution is 6.01. The second-order valence-electron chi connectivity index (χ2n) is 11.4. The van der Waals surface area contributed by atoms with Crippen LogP contribution in [0.2, 0.25) is 0 Å². The van der Waals surface area contributed by atoms with Crippen LogP contribution in [0.25, 0.3) is 22.1 Å². The summed E-state index contributed by atoms with van der Waals surface area (Å²) >= 11 is 0. The van der Waals surface area contributed by atoms with Crippen LogP contribution < -0.4 is 10.9 Å². The van der Waals surface area contributed by atoms with Gasteiger partial charge in [0.2, 0.25) is 5.91 Å². The van der Waals surface area contributed by atoms with E-state index < -0.39 is 12.6 Å². The number of pyridine rings is 1. The zero-order valence-electron chi connectivity index (χ0n) is 25.7. The molecule has 2 amide bonds. The number of hydrogen-bond acceptors (Lipinski definition) is 7. The summed E-state index contributed by atoms with van der Waals surface area (Å²) in [6, 6.07) is 17.9. The molecule has 1 fully saturated rings. The van der Waals surface area contributed by atoms with E-state index in [-0.39, 0.29) is 23.4 Å². The van der Waals surface area contributed by atoms with Gasteiger partial charge in [-0.15, -0.1) is 0 Å². The van der Waals surface area contributed by atoms with Crippen LogP contribution in [0.4, 0.5) is 0 Å². The Kier molecular flexibility index (Phi) is 7.59. The molecule has 2 aromatic carbocycles. The maximum Gasteiger partial charge on any atom is 0.264 e. The Balaban J connectivity index is 1.24. The van der Waals surface area contributed by atoms with Crippen molar-refractivity contribution in [1.29, 1.82) is 0 Å². The highest BCUT2D eigenvalue weighted by atomic mass is 16.3. The Morgan fingerprint density at radius 1 is 1.09 bits per heavy atom. The number of benzene rings is 2. The van der Waals surface area contributed by atoms with Crippen molar-refractivity contribution in [3.8, 4) is 17.5 Å². The normalized spacial score (nSPS) is 13.6. The third kappa shape index (κ3) is 5.43. The molecule has 234 valence electrons. The number of aliphatic hydroxyl groups excluding tert-OH is 1. The van der Waals surface area contributed by atoms with Crippen LogP contribution in [-0.4, -0.2) is 70.5 Å². The van der Waals surface area contributed by atoms with E-state index in [2.05, 4.69) is 32.3 Å². The fraction of sp³-hybridized carbons (Fsp3) is 0.200. The lowest BCUT2D eigenvalue weighted by Crippen LogP contribution is -2.51. The number of carbonyl (C=O) groups is 2. The lowest BCUT2D eigenvalue weighted by atomic mass is 10.0. The van der Waals surface area contributed by atoms with Gasteiger partial charge in [0.25, 0.3) is 11.5 Å². The number of nitrogens with zero attached hydrogens (tertiary/aromatic N) is 7. The molecule has 5 heterocycles. The van der Waals surface area contributed by atoms with Crippen molar-refractivity contribution in [3.63, 3.8) is 0 Å². The number of aromatic nitrogens is 6. The summed E-state index contributed by atoms with van der Waals surface area (Å²) in [5, 5.41) is 22.1. The predicted octanol–water partition coefficient (Wildman–Crippen LogP) is 2.80. The van der Waals surface area contributed by atoms with E-state index in [0.29, 0.717) is 63.3 Å². The van der Waals surface area contributed by atoms with Crippen molar-refractivity contribution >= 4 is 28.2 Å². The molecule has 1 aliphatic rings. The molecule has 0 aliphatic carbocycles. The molecule has 4 aromatic heterocycles. The van der Waals surface area contributed by atoms with Crippen molar-refractivity contribution < 1.29 is 14.7 Å². The van der Waals surface area contributed by atoms with Gasteiger partial charge in [0, 0.05) is 48.6 Å². The molecule has 12 heteroatoms. The fourth-order valence-electron chi connectivity index (χ4n) is 5.92. The lowest BCUT2D eigenvalue weighted by Gasteiger charge is -2.38. The second-order valence-corrected chi connectivity index (χ2v) is 11.4. The molecule has 0 bridgehead atoms. The number of rotatable bonds is 6. The average molecular weight is 627 g/mol. The van der Waals surface area contributed by atoms with Crippen LogP contribution in [0, 0.1) is 18.8 Å². The Morgan fingerprint density at radius 2 is 1.89 bits per heavy atom. The molecule has 6 aromatic rings. The van der Waals surface area contributed by atoms with Crippen molar-refractivity contribution in [3.05, 3.63) is 124 Å². The first-order valence-electron chi connectivity index (χ1n) is 15.1. The molecular formula is C35H30N8O4. The maximum absolute atomic E-state index is 14.4. The maximum atomic E-state index is 14.4. The first-order valence-corrected chi connectivity index (χ1v) is 15.1. The van der Waals surface area contributed by atoms with Crippen LogP contribution in [0.5, 0.6) is 0 Å². The van der Waals surface area contributed by atoms with Gasteiger partial charge in [-0.05, 0) is 49.6 Å². The number of para-hydroxylation sites is 1. The van der Waals surface area contributed by atoms with Crippen LogP contribution in [0.15, 0.2) is 90.2 Å². The van der Waals surface area contributed by atoms with E-state index >= 15 is 0 Å². The van der Waals surface area contributed by atoms with E-state index in [0.717, 1.165) is 0 Å². The summed E-state index contributed by atoms with van der Waals surface area (Å²) in [6.07, 6.45) is 6.82. The Morgan fingerprint density at radius 3 is 2.68 bits per heavy atom. The lowest BCUT2D eigenvalue weighted by molar-refractivity contribution is -0.140. The summed E-state index contributed by atoms with van der Waals surface area (Å²) in [5.41, 5.74) is 3.60. The minimum atomic E-state index is -0.562. The van der Waals surface area contributed by atoms with Gasteiger partial charge in [0.1, 0.15) is 12.2 Å². The first kappa shape index (κ1) is 29.6. The monoisotopic (exact) mass is 626 g/mol. The van der Waals surface area contributed by atoms with Crippen molar-refractivity contribution in [2.24, 2.45) is 0 Å². The van der Waals surface area contributed by atoms with Crippen molar-refractivity contribution in [1.82, 2.24) is 39.2 Å². The average Bonchev–Trinajstić information content (AvgIpc) is 3.66. The fourth-order valence-corrected chi connectivity index (χ4v) is 5.92. The van der Waals surface area contributed by atoms with Gasteiger partial charge in [-0.3, -0.25) is 23.6 Å². The highest BCUT2D eigenvalue weighted by Crippen LogP contribution is 2.25. The number of hydrogen-bond donors (Lipinski definition) is 2. The number of nitrogens with one attached hydrogen (secondary N) is 1. The van der Waals surface area contributed by atoms with Crippen molar-refractivity contribution in [2.45, 2.75) is 25.9 Å². The van der Waals surface area contributed by atoms with E-state index in [1.54, 1.807) is 50.2 Å². The summed E-state index contributed by atoms with van der Waals surface area (Å²) in [7, 11) is 0.